The highest BCUT2D eigenvalue weighted by Crippen LogP contribution is 2.44. The highest BCUT2D eigenvalue weighted by Gasteiger charge is 2.47. The fourth-order valence-corrected chi connectivity index (χ4v) is 4.27. The van der Waals surface area contributed by atoms with Crippen molar-refractivity contribution < 1.29 is 28.6 Å². The highest BCUT2D eigenvalue weighted by atomic mass is 19.1. The number of carbonyl (C=O) groups excluding carboxylic acids is 2. The molecule has 1 fully saturated rings. The van der Waals surface area contributed by atoms with Crippen LogP contribution in [0.25, 0.3) is 5.76 Å². The molecular formula is C27H24FNO5. The monoisotopic (exact) mass is 461 g/mol. The zero-order valence-electron chi connectivity index (χ0n) is 19.3. The molecule has 34 heavy (non-hydrogen) atoms. The summed E-state index contributed by atoms with van der Waals surface area (Å²) in [6.45, 7) is 3.78. The van der Waals surface area contributed by atoms with Crippen LogP contribution in [0.2, 0.25) is 0 Å². The minimum absolute atomic E-state index is 0.0142. The predicted molar refractivity (Wildman–Crippen MR) is 127 cm³/mol. The van der Waals surface area contributed by atoms with Crippen LogP contribution in [0.15, 0.2) is 66.2 Å². The van der Waals surface area contributed by atoms with E-state index in [1.54, 1.807) is 30.3 Å². The van der Waals surface area contributed by atoms with Gasteiger partial charge in [0.05, 0.1) is 31.4 Å². The van der Waals surface area contributed by atoms with Gasteiger partial charge in [0.2, 0.25) is 0 Å². The summed E-state index contributed by atoms with van der Waals surface area (Å²) in [5.74, 6) is -2.02. The van der Waals surface area contributed by atoms with Crippen molar-refractivity contribution in [1.82, 2.24) is 0 Å². The van der Waals surface area contributed by atoms with Crippen molar-refractivity contribution in [3.8, 4) is 11.5 Å². The number of hydrogen-bond donors (Lipinski definition) is 1. The smallest absolute Gasteiger partial charge is 0.300 e. The normalized spacial score (nSPS) is 17.2. The lowest BCUT2D eigenvalue weighted by Gasteiger charge is -2.27. The second kappa shape index (κ2) is 9.02. The number of aliphatic hydroxyl groups is 1. The summed E-state index contributed by atoms with van der Waals surface area (Å²) >= 11 is 0. The number of halogens is 1. The van der Waals surface area contributed by atoms with E-state index < -0.39 is 29.3 Å². The van der Waals surface area contributed by atoms with Gasteiger partial charge in [0.15, 0.2) is 0 Å². The zero-order chi connectivity index (χ0) is 24.6. The number of anilines is 1. The van der Waals surface area contributed by atoms with Gasteiger partial charge in [-0.05, 0) is 61.4 Å². The number of rotatable bonds is 5. The summed E-state index contributed by atoms with van der Waals surface area (Å²) in [6, 6.07) is 15.1. The number of benzene rings is 3. The molecule has 1 aliphatic heterocycles. The van der Waals surface area contributed by atoms with Crippen LogP contribution in [-0.4, -0.2) is 31.0 Å². The Balaban J connectivity index is 1.99. The van der Waals surface area contributed by atoms with Crippen molar-refractivity contribution >= 4 is 23.1 Å². The maximum Gasteiger partial charge on any atom is 0.300 e. The van der Waals surface area contributed by atoms with Crippen molar-refractivity contribution in [3.05, 3.63) is 94.3 Å². The van der Waals surface area contributed by atoms with Gasteiger partial charge in [0.25, 0.3) is 11.7 Å². The summed E-state index contributed by atoms with van der Waals surface area (Å²) in [5, 5.41) is 11.3. The van der Waals surface area contributed by atoms with Crippen molar-refractivity contribution in [1.29, 1.82) is 0 Å². The Morgan fingerprint density at radius 1 is 0.941 bits per heavy atom. The molecule has 1 N–H and O–H groups in total. The number of ether oxygens (including phenoxy) is 2. The van der Waals surface area contributed by atoms with E-state index in [0.717, 1.165) is 17.2 Å². The summed E-state index contributed by atoms with van der Waals surface area (Å²) in [6.07, 6.45) is 0. The standard InChI is InChI=1S/C27H24FNO5/c1-15-5-11-21(16(2)13-15)29-24(17-6-9-19(33-3)10-7-17)23(26(31)27(29)32)25(30)20-14-18(28)8-12-22(20)34-4/h5-14,24,30H,1-4H3/b25-23+. The molecule has 174 valence electrons. The average molecular weight is 461 g/mol. The molecule has 7 heteroatoms. The van der Waals surface area contributed by atoms with Gasteiger partial charge in [-0.25, -0.2) is 4.39 Å². The molecule has 1 amide bonds. The molecule has 0 aromatic heterocycles. The van der Waals surface area contributed by atoms with Crippen LogP contribution in [0.3, 0.4) is 0 Å². The third kappa shape index (κ3) is 3.90. The van der Waals surface area contributed by atoms with Gasteiger partial charge in [-0.1, -0.05) is 29.8 Å². The molecule has 4 rings (SSSR count). The zero-order valence-corrected chi connectivity index (χ0v) is 19.3. The SMILES string of the molecule is COc1ccc(C2/C(=C(\O)c3cc(F)ccc3OC)C(=O)C(=O)N2c2ccc(C)cc2C)cc1. The Morgan fingerprint density at radius 3 is 2.26 bits per heavy atom. The number of nitrogens with zero attached hydrogens (tertiary/aromatic N) is 1. The fraction of sp³-hybridized carbons (Fsp3) is 0.185. The summed E-state index contributed by atoms with van der Waals surface area (Å²) in [5.41, 5.74) is 2.75. The highest BCUT2D eigenvalue weighted by molar-refractivity contribution is 6.51. The minimum atomic E-state index is -0.944. The van der Waals surface area contributed by atoms with E-state index in [4.69, 9.17) is 9.47 Å². The molecule has 3 aromatic rings. The molecular weight excluding hydrogens is 437 g/mol. The van der Waals surface area contributed by atoms with Gasteiger partial charge in [0.1, 0.15) is 23.1 Å². The molecule has 0 bridgehead atoms. The van der Waals surface area contributed by atoms with Crippen LogP contribution >= 0.6 is 0 Å². The molecule has 1 heterocycles. The van der Waals surface area contributed by atoms with Crippen molar-refractivity contribution in [2.75, 3.05) is 19.1 Å². The largest absolute Gasteiger partial charge is 0.507 e. The quantitative estimate of drug-likeness (QED) is 0.326. The molecule has 1 saturated heterocycles. The molecule has 0 saturated carbocycles. The Kier molecular flexibility index (Phi) is 6.11. The van der Waals surface area contributed by atoms with Crippen molar-refractivity contribution in [3.63, 3.8) is 0 Å². The summed E-state index contributed by atoms with van der Waals surface area (Å²) in [4.78, 5) is 28.0. The number of amides is 1. The van der Waals surface area contributed by atoms with Gasteiger partial charge in [-0.15, -0.1) is 0 Å². The maximum absolute atomic E-state index is 14.1. The third-order valence-corrected chi connectivity index (χ3v) is 5.90. The first-order valence-electron chi connectivity index (χ1n) is 10.6. The lowest BCUT2D eigenvalue weighted by atomic mass is 9.94. The van der Waals surface area contributed by atoms with E-state index in [1.165, 1.54) is 31.3 Å². The predicted octanol–water partition coefficient (Wildman–Crippen LogP) is 5.09. The molecule has 1 atom stereocenters. The number of aliphatic hydroxyl groups excluding tert-OH is 1. The number of aryl methyl sites for hydroxylation is 2. The Morgan fingerprint density at radius 2 is 1.65 bits per heavy atom. The second-order valence-electron chi connectivity index (χ2n) is 8.08. The Labute approximate surface area is 196 Å². The average Bonchev–Trinajstić information content (AvgIpc) is 3.09. The second-order valence-corrected chi connectivity index (χ2v) is 8.08. The molecule has 0 radical (unpaired) electrons. The summed E-state index contributed by atoms with van der Waals surface area (Å²) < 4.78 is 24.6. The van der Waals surface area contributed by atoms with Gasteiger partial charge in [0, 0.05) is 5.69 Å². The fourth-order valence-electron chi connectivity index (χ4n) is 4.27. The summed E-state index contributed by atoms with van der Waals surface area (Å²) in [7, 11) is 2.91. The molecule has 6 nitrogen and oxygen atoms in total. The van der Waals surface area contributed by atoms with Gasteiger partial charge in [-0.3, -0.25) is 14.5 Å². The molecule has 1 aliphatic rings. The number of methoxy groups -OCH3 is 2. The van der Waals surface area contributed by atoms with Gasteiger partial charge in [-0.2, -0.15) is 0 Å². The third-order valence-electron chi connectivity index (χ3n) is 5.90. The van der Waals surface area contributed by atoms with Crippen LogP contribution < -0.4 is 14.4 Å². The van der Waals surface area contributed by atoms with E-state index in [2.05, 4.69) is 0 Å². The minimum Gasteiger partial charge on any atom is -0.507 e. The van der Waals surface area contributed by atoms with Crippen LogP contribution in [0.1, 0.15) is 28.3 Å². The topological polar surface area (TPSA) is 76.1 Å². The maximum atomic E-state index is 14.1. The molecule has 0 spiro atoms. The van der Waals surface area contributed by atoms with Gasteiger partial charge >= 0.3 is 0 Å². The van der Waals surface area contributed by atoms with Crippen LogP contribution in [0.5, 0.6) is 11.5 Å². The van der Waals surface area contributed by atoms with Gasteiger partial charge < -0.3 is 14.6 Å². The number of ketones is 1. The lowest BCUT2D eigenvalue weighted by molar-refractivity contribution is -0.132. The van der Waals surface area contributed by atoms with Crippen molar-refractivity contribution in [2.24, 2.45) is 0 Å². The van der Waals surface area contributed by atoms with Crippen LogP contribution in [0, 0.1) is 19.7 Å². The molecule has 0 aliphatic carbocycles. The van der Waals surface area contributed by atoms with Crippen LogP contribution in [-0.2, 0) is 9.59 Å². The van der Waals surface area contributed by atoms with E-state index in [1.807, 2.05) is 26.0 Å². The lowest BCUT2D eigenvalue weighted by Crippen LogP contribution is -2.30. The first kappa shape index (κ1) is 23.0. The van der Waals surface area contributed by atoms with E-state index in [0.29, 0.717) is 17.0 Å². The van der Waals surface area contributed by atoms with E-state index in [-0.39, 0.29) is 16.9 Å². The Hall–Kier alpha value is -4.13. The number of Topliss-reactive ketones (excluding diaryl/α,β-unsaturated/α-hetero) is 1. The Bertz CT molecular complexity index is 1310. The van der Waals surface area contributed by atoms with Crippen LogP contribution in [0.4, 0.5) is 10.1 Å². The van der Waals surface area contributed by atoms with E-state index >= 15 is 0 Å². The molecule has 1 unspecified atom stereocenters. The van der Waals surface area contributed by atoms with E-state index in [9.17, 15) is 19.1 Å². The number of hydrogen-bond acceptors (Lipinski definition) is 5. The number of carbonyl (C=O) groups is 2. The molecule has 3 aromatic carbocycles. The first-order valence-corrected chi connectivity index (χ1v) is 10.6. The van der Waals surface area contributed by atoms with Crippen molar-refractivity contribution in [2.45, 2.75) is 19.9 Å². The first-order chi connectivity index (χ1) is 16.3.